The van der Waals surface area contributed by atoms with Crippen LogP contribution in [-0.4, -0.2) is 127 Å². The third-order valence-electron chi connectivity index (χ3n) is 15.0. The first-order valence-electron chi connectivity index (χ1n) is 30.9. The van der Waals surface area contributed by atoms with Gasteiger partial charge >= 0.3 is 23.9 Å². The Bertz CT molecular complexity index is 4420. The molecule has 8 aromatic rings. The van der Waals surface area contributed by atoms with E-state index in [4.69, 9.17) is 49.2 Å². The molecular weight excluding hydrogens is 1280 g/mol. The van der Waals surface area contributed by atoms with Crippen molar-refractivity contribution in [2.24, 2.45) is 10.2 Å². The number of rotatable bonds is 28. The molecule has 8 rings (SSSR count). The highest BCUT2D eigenvalue weighted by molar-refractivity contribution is 7.89. The SMILES string of the molecule is CCOC(=O)CN(CC(=O)OCC)S(=O)(=O)c1ccc2nc(N(c3cc(C)c(N=Nc4c(C#N)c(C(C)(C)C)nn4-c4nc5ccc(S(=O)(=O)N(CC(=O)OCC)CC(=O)OCC)cc5s4)c(Nc4c(CC)cc(C)cc4CC)n3)c3c(CC)cc(C)cc3CC)sc2c1. The van der Waals surface area contributed by atoms with Crippen molar-refractivity contribution in [1.29, 1.82) is 5.26 Å². The number of nitrogens with zero attached hydrogens (tertiary/aromatic N) is 11. The molecule has 1 N–H and O–H groups in total. The number of nitrogens with one attached hydrogen (secondary N) is 1. The maximum atomic E-state index is 14.5. The summed E-state index contributed by atoms with van der Waals surface area (Å²) in [4.78, 5) is 68.1. The molecule has 0 fully saturated rings. The molecule has 0 aliphatic carbocycles. The van der Waals surface area contributed by atoms with Crippen LogP contribution in [-0.2, 0) is 89.3 Å². The minimum absolute atomic E-state index is 0.00184. The minimum atomic E-state index is -4.52. The van der Waals surface area contributed by atoms with Crippen LogP contribution >= 0.6 is 22.7 Å². The number of pyridine rings is 1. The average molecular weight is 1360 g/mol. The Labute approximate surface area is 556 Å². The average Bonchev–Trinajstić information content (AvgIpc) is 1.52. The lowest BCUT2D eigenvalue weighted by Gasteiger charge is -2.28. The van der Waals surface area contributed by atoms with E-state index in [1.807, 2.05) is 52.5 Å². The number of thiazole rings is 2. The monoisotopic (exact) mass is 1360 g/mol. The molecule has 94 heavy (non-hydrogen) atoms. The molecule has 498 valence electrons. The molecule has 0 spiro atoms. The molecule has 24 nitrogen and oxygen atoms in total. The van der Waals surface area contributed by atoms with E-state index >= 15 is 0 Å². The van der Waals surface area contributed by atoms with E-state index in [2.05, 4.69) is 63.3 Å². The summed E-state index contributed by atoms with van der Waals surface area (Å²) in [5, 5.41) is 30.3. The summed E-state index contributed by atoms with van der Waals surface area (Å²) < 4.78 is 81.5. The number of hydrogen-bond donors (Lipinski definition) is 1. The summed E-state index contributed by atoms with van der Waals surface area (Å²) in [6.45, 7) is 23.3. The number of carbonyl (C=O) groups is 4. The Morgan fingerprint density at radius 3 is 1.49 bits per heavy atom. The van der Waals surface area contributed by atoms with Crippen LogP contribution in [0, 0.1) is 32.1 Å². The van der Waals surface area contributed by atoms with E-state index in [1.54, 1.807) is 33.8 Å². The van der Waals surface area contributed by atoms with Gasteiger partial charge in [-0.05, 0) is 144 Å². The van der Waals surface area contributed by atoms with Gasteiger partial charge in [-0.3, -0.25) is 24.1 Å². The molecule has 0 bridgehead atoms. The van der Waals surface area contributed by atoms with E-state index in [9.17, 15) is 41.3 Å². The van der Waals surface area contributed by atoms with Crippen LogP contribution < -0.4 is 10.2 Å². The molecule has 0 saturated heterocycles. The number of aromatic nitrogens is 5. The van der Waals surface area contributed by atoms with E-state index in [0.717, 1.165) is 60.4 Å². The fourth-order valence-corrected chi connectivity index (χ4v) is 15.5. The van der Waals surface area contributed by atoms with Gasteiger partial charge in [0.05, 0.1) is 68.0 Å². The van der Waals surface area contributed by atoms with Gasteiger partial charge in [-0.2, -0.15) is 23.7 Å². The molecule has 28 heteroatoms. The topological polar surface area (TPSA) is 300 Å². The molecular formula is C66H78N12O12S4. The number of esters is 4. The Hall–Kier alpha value is -8.59. The van der Waals surface area contributed by atoms with Crippen LogP contribution in [0.25, 0.3) is 25.6 Å². The first-order valence-corrected chi connectivity index (χ1v) is 35.4. The van der Waals surface area contributed by atoms with Gasteiger partial charge in [-0.15, -0.1) is 10.2 Å². The fourth-order valence-electron chi connectivity index (χ4n) is 10.6. The number of ether oxygens (including phenoxy) is 4. The number of carbonyl (C=O) groups excluding carboxylic acids is 4. The first-order chi connectivity index (χ1) is 44.7. The van der Waals surface area contributed by atoms with Gasteiger partial charge < -0.3 is 24.3 Å². The molecule has 0 unspecified atom stereocenters. The molecule has 0 radical (unpaired) electrons. The lowest BCUT2D eigenvalue weighted by molar-refractivity contribution is -0.147. The third-order valence-corrected chi connectivity index (χ3v) is 20.5. The molecule has 4 aromatic heterocycles. The second-order valence-electron chi connectivity index (χ2n) is 22.8. The van der Waals surface area contributed by atoms with Crippen molar-refractivity contribution in [3.05, 3.63) is 117 Å². The predicted octanol–water partition coefficient (Wildman–Crippen LogP) is 12.7. The zero-order valence-electron chi connectivity index (χ0n) is 55.3. The summed E-state index contributed by atoms with van der Waals surface area (Å²) in [7, 11) is -9.03. The highest BCUT2D eigenvalue weighted by atomic mass is 32.2. The lowest BCUT2D eigenvalue weighted by Crippen LogP contribution is -2.40. The van der Waals surface area contributed by atoms with Gasteiger partial charge in [-0.25, -0.2) is 31.8 Å². The van der Waals surface area contributed by atoms with Crippen molar-refractivity contribution in [2.75, 3.05) is 62.8 Å². The van der Waals surface area contributed by atoms with Gasteiger partial charge in [-0.1, -0.05) is 107 Å². The van der Waals surface area contributed by atoms with Crippen LogP contribution in [0.15, 0.2) is 86.7 Å². The second-order valence-corrected chi connectivity index (χ2v) is 28.7. The number of azo groups is 1. The highest BCUT2D eigenvalue weighted by Gasteiger charge is 2.35. The fraction of sp³-hybridized carbons (Fsp3) is 0.409. The largest absolute Gasteiger partial charge is 0.465 e. The Morgan fingerprint density at radius 2 is 1.05 bits per heavy atom. The molecule has 0 saturated carbocycles. The number of anilines is 5. The Kier molecular flexibility index (Phi) is 22.9. The smallest absolute Gasteiger partial charge is 0.321 e. The number of sulfonamides is 2. The van der Waals surface area contributed by atoms with Gasteiger partial charge in [0, 0.05) is 11.1 Å². The van der Waals surface area contributed by atoms with Gasteiger partial charge in [0.1, 0.15) is 49.3 Å². The molecule has 0 atom stereocenters. The van der Waals surface area contributed by atoms with Crippen molar-refractivity contribution >= 4 is 127 Å². The third kappa shape index (κ3) is 15.6. The molecule has 4 aromatic carbocycles. The van der Waals surface area contributed by atoms with Crippen LogP contribution in [0.5, 0.6) is 0 Å². The quantitative estimate of drug-likeness (QED) is 0.0271. The highest BCUT2D eigenvalue weighted by Crippen LogP contribution is 2.47. The van der Waals surface area contributed by atoms with E-state index in [-0.39, 0.29) is 58.5 Å². The first kappa shape index (κ1) is 71.3. The molecule has 0 amide bonds. The maximum absolute atomic E-state index is 14.5. The number of hydrogen-bond acceptors (Lipinski definition) is 23. The van der Waals surface area contributed by atoms with Crippen LogP contribution in [0.2, 0.25) is 0 Å². The standard InChI is InChI=1S/C66H78N12O12S4/c1-15-42-27-39(9)28-43(16-2)59(42)71-62-58(72-73-63-48(34-67)61(66(12,13)14)74-78(63)65-69-50-26-24-47(33-52(50)92-65)94(85,86)76(37-56(81)89-21-7)38-57(82)90-22-8)41(11)31-53(70-62)77(60-44(17-3)29-40(10)30-45(60)18-4)64-68-49-25-23-46(32-51(49)91-64)93(83,84)75(35-54(79)87-19-5)36-55(80)88-20-6/h23-33H,15-22,35-38H2,1-14H3,(H,70,71). The molecule has 0 aliphatic rings. The van der Waals surface area contributed by atoms with E-state index in [1.165, 1.54) is 46.4 Å². The zero-order valence-corrected chi connectivity index (χ0v) is 58.6. The summed E-state index contributed by atoms with van der Waals surface area (Å²) >= 11 is 2.28. The van der Waals surface area contributed by atoms with Gasteiger partial charge in [0.25, 0.3) is 0 Å². The predicted molar refractivity (Wildman–Crippen MR) is 362 cm³/mol. The summed E-state index contributed by atoms with van der Waals surface area (Å²) in [5.74, 6) is -2.68. The molecule has 4 heterocycles. The number of aryl methyl sites for hydroxylation is 7. The van der Waals surface area contributed by atoms with Crippen molar-refractivity contribution in [1.82, 2.24) is 33.3 Å². The van der Waals surface area contributed by atoms with E-state index in [0.29, 0.717) is 78.3 Å². The van der Waals surface area contributed by atoms with Crippen molar-refractivity contribution in [3.8, 4) is 11.2 Å². The van der Waals surface area contributed by atoms with Crippen LogP contribution in [0.4, 0.5) is 39.6 Å². The summed E-state index contributed by atoms with van der Waals surface area (Å²) in [6.07, 6.45) is 2.53. The normalized spacial score (nSPS) is 12.1. The number of nitriles is 1. The van der Waals surface area contributed by atoms with Crippen LogP contribution in [0.1, 0.15) is 126 Å². The Morgan fingerprint density at radius 1 is 0.606 bits per heavy atom. The van der Waals surface area contributed by atoms with E-state index < -0.39 is 75.5 Å². The zero-order chi connectivity index (χ0) is 68.6. The number of fused-ring (bicyclic) bond motifs is 2. The maximum Gasteiger partial charge on any atom is 0.321 e. The second kappa shape index (κ2) is 30.2. The van der Waals surface area contributed by atoms with Gasteiger partial charge in [0.15, 0.2) is 16.8 Å². The van der Waals surface area contributed by atoms with Crippen LogP contribution in [0.3, 0.4) is 0 Å². The minimum Gasteiger partial charge on any atom is -0.465 e. The number of benzene rings is 4. The lowest BCUT2D eigenvalue weighted by atomic mass is 9.90. The van der Waals surface area contributed by atoms with Crippen molar-refractivity contribution in [3.63, 3.8) is 0 Å². The molecule has 0 aliphatic heterocycles. The van der Waals surface area contributed by atoms with Gasteiger partial charge in [0.2, 0.25) is 25.2 Å². The summed E-state index contributed by atoms with van der Waals surface area (Å²) in [6, 6.07) is 21.3. The van der Waals surface area contributed by atoms with Crippen molar-refractivity contribution in [2.45, 2.75) is 138 Å². The summed E-state index contributed by atoms with van der Waals surface area (Å²) in [5.41, 5.74) is 9.19. The Balaban J connectivity index is 1.34. The van der Waals surface area contributed by atoms with Crippen molar-refractivity contribution < 1.29 is 55.0 Å².